The number of hydrogen-bond donors (Lipinski definition) is 0. The second kappa shape index (κ2) is 4.91. The van der Waals surface area contributed by atoms with E-state index in [0.717, 1.165) is 6.20 Å². The Hall–Kier alpha value is -1.30. The van der Waals surface area contributed by atoms with Gasteiger partial charge in [-0.15, -0.1) is 0 Å². The van der Waals surface area contributed by atoms with Crippen LogP contribution >= 0.6 is 15.9 Å². The third-order valence-corrected chi connectivity index (χ3v) is 4.19. The highest BCUT2D eigenvalue weighted by atomic mass is 79.9. The Bertz CT molecular complexity index is 785. The van der Waals surface area contributed by atoms with Crippen LogP contribution in [0, 0.1) is 11.2 Å². The van der Waals surface area contributed by atoms with E-state index in [-0.39, 0.29) is 12.8 Å². The number of alkyl halides is 1. The molecule has 0 N–H and O–H groups in total. The number of nitrogens with zero attached hydrogens (tertiary/aromatic N) is 3. The van der Waals surface area contributed by atoms with Crippen molar-refractivity contribution >= 4 is 15.9 Å². The van der Waals surface area contributed by atoms with Gasteiger partial charge in [0.2, 0.25) is 0 Å². The van der Waals surface area contributed by atoms with Gasteiger partial charge in [-0.2, -0.15) is 5.10 Å². The molecule has 20 heavy (non-hydrogen) atoms. The summed E-state index contributed by atoms with van der Waals surface area (Å²) in [6, 6.07) is 2.65. The van der Waals surface area contributed by atoms with Gasteiger partial charge < -0.3 is 0 Å². The van der Waals surface area contributed by atoms with Crippen molar-refractivity contribution in [3.63, 3.8) is 0 Å². The standard InChI is InChI=1S/C14H14BrF2N3/c1-14(7-16)5-4-11-12(15)13(19-20(11)8-14)10-3-2-9(17)6-18-10/h2-3,6H,4-5,7-8H2,1H3/i1D3,7D2. The Labute approximate surface area is 131 Å². The fourth-order valence-corrected chi connectivity index (χ4v) is 2.95. The number of aromatic nitrogens is 3. The summed E-state index contributed by atoms with van der Waals surface area (Å²) in [5.74, 6) is -0.504. The zero-order valence-corrected chi connectivity index (χ0v) is 11.9. The normalized spacial score (nSPS) is 26.9. The third kappa shape index (κ3) is 2.26. The lowest BCUT2D eigenvalue weighted by Crippen LogP contribution is -2.32. The van der Waals surface area contributed by atoms with Crippen molar-refractivity contribution in [2.24, 2.45) is 5.41 Å². The summed E-state index contributed by atoms with van der Waals surface area (Å²) >= 11 is 3.39. The molecular weight excluding hydrogens is 328 g/mol. The van der Waals surface area contributed by atoms with Crippen LogP contribution in [0.1, 0.15) is 25.8 Å². The van der Waals surface area contributed by atoms with Crippen LogP contribution in [0.2, 0.25) is 0 Å². The summed E-state index contributed by atoms with van der Waals surface area (Å²) in [4.78, 5) is 3.95. The first-order chi connectivity index (χ1) is 11.5. The van der Waals surface area contributed by atoms with Crippen LogP contribution in [0.15, 0.2) is 22.8 Å². The van der Waals surface area contributed by atoms with Gasteiger partial charge in [0.1, 0.15) is 11.5 Å². The maximum Gasteiger partial charge on any atom is 0.141 e. The molecule has 0 aromatic carbocycles. The SMILES string of the molecule is [2H]C([2H])([2H])C1(C([2H])([2H])F)CCc2c(Br)c(-c3ccc(F)cn3)nn2C1. The zero-order chi connectivity index (χ0) is 18.6. The molecule has 1 atom stereocenters. The molecule has 0 saturated heterocycles. The van der Waals surface area contributed by atoms with Crippen molar-refractivity contribution in [2.75, 3.05) is 6.63 Å². The number of hydrogen-bond acceptors (Lipinski definition) is 2. The smallest absolute Gasteiger partial charge is 0.141 e. The van der Waals surface area contributed by atoms with Gasteiger partial charge in [0.25, 0.3) is 0 Å². The van der Waals surface area contributed by atoms with Crippen LogP contribution in [0.5, 0.6) is 0 Å². The molecule has 2 aromatic heterocycles. The summed E-state index contributed by atoms with van der Waals surface area (Å²) in [6.07, 6.45) is 0.983. The summed E-state index contributed by atoms with van der Waals surface area (Å²) in [5, 5.41) is 4.27. The van der Waals surface area contributed by atoms with Crippen LogP contribution < -0.4 is 0 Å². The molecule has 1 unspecified atom stereocenters. The molecular formula is C14H14BrF2N3. The van der Waals surface area contributed by atoms with Gasteiger partial charge in [-0.05, 0) is 40.9 Å². The molecule has 0 fully saturated rings. The van der Waals surface area contributed by atoms with E-state index >= 15 is 0 Å². The number of pyridine rings is 1. The molecule has 3 nitrogen and oxygen atoms in total. The van der Waals surface area contributed by atoms with Crippen LogP contribution in [-0.4, -0.2) is 21.4 Å². The van der Waals surface area contributed by atoms with Crippen LogP contribution in [0.25, 0.3) is 11.4 Å². The van der Waals surface area contributed by atoms with E-state index < -0.39 is 31.3 Å². The first-order valence-corrected chi connectivity index (χ1v) is 6.82. The van der Waals surface area contributed by atoms with E-state index in [2.05, 4.69) is 26.0 Å². The lowest BCUT2D eigenvalue weighted by atomic mass is 9.84. The van der Waals surface area contributed by atoms with E-state index in [1.54, 1.807) is 0 Å². The Morgan fingerprint density at radius 2 is 2.45 bits per heavy atom. The van der Waals surface area contributed by atoms with Gasteiger partial charge in [0.15, 0.2) is 0 Å². The molecule has 2 aromatic rings. The Morgan fingerprint density at radius 1 is 1.60 bits per heavy atom. The minimum atomic E-state index is -3.40. The Balaban J connectivity index is 2.08. The van der Waals surface area contributed by atoms with Gasteiger partial charge in [-0.3, -0.25) is 14.1 Å². The lowest BCUT2D eigenvalue weighted by Gasteiger charge is -2.31. The third-order valence-electron chi connectivity index (χ3n) is 3.35. The fraction of sp³-hybridized carbons (Fsp3) is 0.429. The van der Waals surface area contributed by atoms with Crippen molar-refractivity contribution in [3.05, 3.63) is 34.3 Å². The van der Waals surface area contributed by atoms with Gasteiger partial charge in [-0.1, -0.05) is 6.85 Å². The quantitative estimate of drug-likeness (QED) is 0.828. The predicted molar refractivity (Wildman–Crippen MR) is 75.5 cm³/mol. The predicted octanol–water partition coefficient (Wildman–Crippen LogP) is 3.77. The summed E-state index contributed by atoms with van der Waals surface area (Å²) < 4.78 is 67.1. The minimum absolute atomic E-state index is 0.136. The second-order valence-corrected chi connectivity index (χ2v) is 5.60. The number of halogens is 3. The molecule has 1 aliphatic rings. The van der Waals surface area contributed by atoms with E-state index in [1.807, 2.05) is 0 Å². The van der Waals surface area contributed by atoms with Crippen molar-refractivity contribution in [1.29, 1.82) is 0 Å². The van der Waals surface area contributed by atoms with Crippen LogP contribution in [0.4, 0.5) is 8.78 Å². The molecule has 3 rings (SSSR count). The fourth-order valence-electron chi connectivity index (χ4n) is 2.27. The zero-order valence-electron chi connectivity index (χ0n) is 15.3. The van der Waals surface area contributed by atoms with Gasteiger partial charge in [0, 0.05) is 16.1 Å². The molecule has 3 heterocycles. The molecule has 0 bridgehead atoms. The van der Waals surface area contributed by atoms with Gasteiger partial charge >= 0.3 is 0 Å². The molecule has 106 valence electrons. The van der Waals surface area contributed by atoms with Crippen molar-refractivity contribution in [2.45, 2.75) is 26.2 Å². The first kappa shape index (κ1) is 8.87. The minimum Gasteiger partial charge on any atom is -0.267 e. The van der Waals surface area contributed by atoms with E-state index in [0.29, 0.717) is 21.6 Å². The van der Waals surface area contributed by atoms with Crippen molar-refractivity contribution in [1.82, 2.24) is 14.8 Å². The molecule has 0 amide bonds. The highest BCUT2D eigenvalue weighted by molar-refractivity contribution is 9.10. The maximum absolute atomic E-state index is 14.3. The maximum atomic E-state index is 14.3. The summed E-state index contributed by atoms with van der Waals surface area (Å²) in [7, 11) is 0. The molecule has 6 heteroatoms. The second-order valence-electron chi connectivity index (χ2n) is 4.81. The molecule has 0 radical (unpaired) electrons. The van der Waals surface area contributed by atoms with Crippen molar-refractivity contribution < 1.29 is 15.6 Å². The summed E-state index contributed by atoms with van der Waals surface area (Å²) in [6.45, 7) is -6.67. The van der Waals surface area contributed by atoms with Crippen LogP contribution in [-0.2, 0) is 13.0 Å². The molecule has 1 aliphatic heterocycles. The molecule has 0 spiro atoms. The lowest BCUT2D eigenvalue weighted by molar-refractivity contribution is 0.154. The summed E-state index contributed by atoms with van der Waals surface area (Å²) in [5.41, 5.74) is -0.815. The van der Waals surface area contributed by atoms with Crippen molar-refractivity contribution in [3.8, 4) is 11.4 Å². The highest BCUT2D eigenvalue weighted by Gasteiger charge is 2.33. The van der Waals surface area contributed by atoms with Crippen LogP contribution in [0.3, 0.4) is 0 Å². The monoisotopic (exact) mass is 346 g/mol. The Morgan fingerprint density at radius 3 is 3.10 bits per heavy atom. The average Bonchev–Trinajstić information content (AvgIpc) is 2.82. The Kier molecular flexibility index (Phi) is 2.18. The van der Waals surface area contributed by atoms with E-state index in [1.165, 1.54) is 16.8 Å². The molecule has 0 aliphatic carbocycles. The van der Waals surface area contributed by atoms with E-state index in [4.69, 9.17) is 6.85 Å². The largest absolute Gasteiger partial charge is 0.267 e. The molecule has 0 saturated carbocycles. The number of rotatable bonds is 2. The van der Waals surface area contributed by atoms with E-state index in [9.17, 15) is 8.78 Å². The first-order valence-electron chi connectivity index (χ1n) is 8.52. The highest BCUT2D eigenvalue weighted by Crippen LogP contribution is 2.38. The topological polar surface area (TPSA) is 30.7 Å². The van der Waals surface area contributed by atoms with Gasteiger partial charge in [-0.25, -0.2) is 4.39 Å². The van der Waals surface area contributed by atoms with Gasteiger partial charge in [0.05, 0.1) is 31.4 Å². The average molecular weight is 347 g/mol. The number of fused-ring (bicyclic) bond motifs is 1.